The fraction of sp³-hybridized carbons (Fsp3) is 0.450. The van der Waals surface area contributed by atoms with Crippen molar-refractivity contribution in [2.75, 3.05) is 26.3 Å². The van der Waals surface area contributed by atoms with Gasteiger partial charge in [-0.3, -0.25) is 14.8 Å². The SMILES string of the molecule is O=C(c1cccnc1)N1CC2(C1)OCCC2CCOCc1ccncc1. The molecule has 4 heterocycles. The van der Waals surface area contributed by atoms with Crippen LogP contribution in [0.5, 0.6) is 0 Å². The van der Waals surface area contributed by atoms with Crippen LogP contribution in [-0.2, 0) is 16.1 Å². The monoisotopic (exact) mass is 353 g/mol. The van der Waals surface area contributed by atoms with E-state index in [0.29, 0.717) is 37.8 Å². The lowest BCUT2D eigenvalue weighted by molar-refractivity contribution is -0.120. The Kier molecular flexibility index (Phi) is 4.95. The number of carbonyl (C=O) groups is 1. The van der Waals surface area contributed by atoms with Crippen molar-refractivity contribution < 1.29 is 14.3 Å². The zero-order valence-corrected chi connectivity index (χ0v) is 14.7. The lowest BCUT2D eigenvalue weighted by Gasteiger charge is -2.50. The third kappa shape index (κ3) is 3.48. The van der Waals surface area contributed by atoms with Crippen LogP contribution in [0.25, 0.3) is 0 Å². The largest absolute Gasteiger partial charge is 0.377 e. The summed E-state index contributed by atoms with van der Waals surface area (Å²) in [6.07, 6.45) is 8.85. The number of nitrogens with zero attached hydrogens (tertiary/aromatic N) is 3. The molecule has 0 bridgehead atoms. The highest BCUT2D eigenvalue weighted by Crippen LogP contribution is 2.42. The van der Waals surface area contributed by atoms with Crippen molar-refractivity contribution in [2.24, 2.45) is 5.92 Å². The minimum atomic E-state index is -0.183. The summed E-state index contributed by atoms with van der Waals surface area (Å²) >= 11 is 0. The van der Waals surface area contributed by atoms with Gasteiger partial charge in [0.2, 0.25) is 0 Å². The summed E-state index contributed by atoms with van der Waals surface area (Å²) in [7, 11) is 0. The predicted octanol–water partition coefficient (Wildman–Crippen LogP) is 2.31. The number of aromatic nitrogens is 2. The second kappa shape index (κ2) is 7.51. The fourth-order valence-corrected chi connectivity index (χ4v) is 3.85. The molecule has 1 unspecified atom stereocenters. The van der Waals surface area contributed by atoms with E-state index in [1.54, 1.807) is 36.9 Å². The summed E-state index contributed by atoms with van der Waals surface area (Å²) in [5.41, 5.74) is 1.59. The molecule has 0 radical (unpaired) electrons. The van der Waals surface area contributed by atoms with Crippen LogP contribution in [-0.4, -0.2) is 52.7 Å². The van der Waals surface area contributed by atoms with Crippen LogP contribution in [0.2, 0.25) is 0 Å². The van der Waals surface area contributed by atoms with Gasteiger partial charge in [-0.1, -0.05) is 0 Å². The third-order valence-electron chi connectivity index (χ3n) is 5.34. The lowest BCUT2D eigenvalue weighted by atomic mass is 9.79. The number of hydrogen-bond donors (Lipinski definition) is 0. The first kappa shape index (κ1) is 17.1. The van der Waals surface area contributed by atoms with E-state index in [0.717, 1.165) is 25.0 Å². The maximum Gasteiger partial charge on any atom is 0.255 e. The number of ether oxygens (including phenoxy) is 2. The smallest absolute Gasteiger partial charge is 0.255 e. The Bertz CT molecular complexity index is 732. The zero-order valence-electron chi connectivity index (χ0n) is 14.7. The zero-order chi connectivity index (χ0) is 17.8. The van der Waals surface area contributed by atoms with E-state index in [1.807, 2.05) is 17.0 Å². The molecule has 0 aromatic carbocycles. The van der Waals surface area contributed by atoms with E-state index in [4.69, 9.17) is 9.47 Å². The molecule has 6 nitrogen and oxygen atoms in total. The van der Waals surface area contributed by atoms with Gasteiger partial charge in [-0.15, -0.1) is 0 Å². The van der Waals surface area contributed by atoms with E-state index < -0.39 is 0 Å². The average Bonchev–Trinajstić information content (AvgIpc) is 3.09. The molecule has 2 aromatic rings. The van der Waals surface area contributed by atoms with Gasteiger partial charge >= 0.3 is 0 Å². The Morgan fingerprint density at radius 1 is 1.23 bits per heavy atom. The standard InChI is InChI=1S/C20H23N3O3/c24-19(17-2-1-7-22-12-17)23-14-20(15-23)18(6-11-26-20)5-10-25-13-16-3-8-21-9-4-16/h1-4,7-9,12,18H,5-6,10-11,13-15H2. The van der Waals surface area contributed by atoms with Crippen LogP contribution in [0, 0.1) is 5.92 Å². The van der Waals surface area contributed by atoms with Crippen LogP contribution in [0.15, 0.2) is 49.1 Å². The molecule has 26 heavy (non-hydrogen) atoms. The summed E-state index contributed by atoms with van der Waals surface area (Å²) in [5, 5.41) is 0. The van der Waals surface area contributed by atoms with Crippen molar-refractivity contribution in [1.29, 1.82) is 0 Å². The van der Waals surface area contributed by atoms with E-state index >= 15 is 0 Å². The highest BCUT2D eigenvalue weighted by molar-refractivity contribution is 5.94. The Labute approximate surface area is 153 Å². The Morgan fingerprint density at radius 2 is 2.08 bits per heavy atom. The first-order chi connectivity index (χ1) is 12.8. The fourth-order valence-electron chi connectivity index (χ4n) is 3.85. The minimum absolute atomic E-state index is 0.0342. The molecule has 1 amide bonds. The van der Waals surface area contributed by atoms with E-state index in [9.17, 15) is 4.79 Å². The summed E-state index contributed by atoms with van der Waals surface area (Å²) < 4.78 is 11.9. The topological polar surface area (TPSA) is 64.6 Å². The van der Waals surface area contributed by atoms with Crippen LogP contribution in [0.1, 0.15) is 28.8 Å². The van der Waals surface area contributed by atoms with Crippen LogP contribution < -0.4 is 0 Å². The quantitative estimate of drug-likeness (QED) is 0.746. The van der Waals surface area contributed by atoms with Crippen LogP contribution in [0.4, 0.5) is 0 Å². The molecule has 1 atom stereocenters. The highest BCUT2D eigenvalue weighted by atomic mass is 16.5. The molecule has 2 saturated heterocycles. The molecule has 0 aliphatic carbocycles. The molecule has 0 N–H and O–H groups in total. The molecule has 136 valence electrons. The number of amides is 1. The molecule has 2 fully saturated rings. The van der Waals surface area contributed by atoms with Gasteiger partial charge in [-0.2, -0.15) is 0 Å². The van der Waals surface area contributed by atoms with Gasteiger partial charge in [0, 0.05) is 38.0 Å². The van der Waals surface area contributed by atoms with E-state index in [1.165, 1.54) is 0 Å². The molecule has 2 aliphatic heterocycles. The lowest BCUT2D eigenvalue weighted by Crippen LogP contribution is -2.66. The highest BCUT2D eigenvalue weighted by Gasteiger charge is 2.54. The maximum absolute atomic E-state index is 12.5. The molecule has 0 saturated carbocycles. The van der Waals surface area contributed by atoms with Crippen molar-refractivity contribution in [3.63, 3.8) is 0 Å². The average molecular weight is 353 g/mol. The van der Waals surface area contributed by atoms with Gasteiger partial charge in [-0.05, 0) is 48.6 Å². The summed E-state index contributed by atoms with van der Waals surface area (Å²) in [6, 6.07) is 7.53. The number of hydrogen-bond acceptors (Lipinski definition) is 5. The number of carbonyl (C=O) groups excluding carboxylic acids is 1. The normalized spacial score (nSPS) is 20.9. The summed E-state index contributed by atoms with van der Waals surface area (Å²) in [4.78, 5) is 22.4. The van der Waals surface area contributed by atoms with Gasteiger partial charge in [0.1, 0.15) is 5.60 Å². The van der Waals surface area contributed by atoms with Crippen LogP contribution >= 0.6 is 0 Å². The summed E-state index contributed by atoms with van der Waals surface area (Å²) in [5.74, 6) is 0.477. The van der Waals surface area contributed by atoms with Gasteiger partial charge in [0.05, 0.1) is 25.3 Å². The Morgan fingerprint density at radius 3 is 2.85 bits per heavy atom. The van der Waals surface area contributed by atoms with E-state index in [2.05, 4.69) is 9.97 Å². The molecule has 2 aromatic heterocycles. The van der Waals surface area contributed by atoms with Gasteiger partial charge in [-0.25, -0.2) is 0 Å². The first-order valence-corrected chi connectivity index (χ1v) is 9.07. The van der Waals surface area contributed by atoms with Crippen LogP contribution in [0.3, 0.4) is 0 Å². The van der Waals surface area contributed by atoms with Crippen molar-refractivity contribution in [3.05, 3.63) is 60.2 Å². The second-order valence-corrected chi connectivity index (χ2v) is 7.00. The van der Waals surface area contributed by atoms with Gasteiger partial charge < -0.3 is 14.4 Å². The van der Waals surface area contributed by atoms with Gasteiger partial charge in [0.15, 0.2) is 0 Å². The van der Waals surface area contributed by atoms with Crippen molar-refractivity contribution in [1.82, 2.24) is 14.9 Å². The second-order valence-electron chi connectivity index (χ2n) is 7.00. The van der Waals surface area contributed by atoms with Crippen molar-refractivity contribution in [2.45, 2.75) is 25.0 Å². The third-order valence-corrected chi connectivity index (χ3v) is 5.34. The molecule has 2 aliphatic rings. The molecule has 6 heteroatoms. The Balaban J connectivity index is 1.26. The maximum atomic E-state index is 12.5. The van der Waals surface area contributed by atoms with Crippen molar-refractivity contribution >= 4 is 5.91 Å². The van der Waals surface area contributed by atoms with Gasteiger partial charge in [0.25, 0.3) is 5.91 Å². The number of pyridine rings is 2. The molecule has 4 rings (SSSR count). The molecular weight excluding hydrogens is 330 g/mol. The van der Waals surface area contributed by atoms with E-state index in [-0.39, 0.29) is 11.5 Å². The van der Waals surface area contributed by atoms with Crippen molar-refractivity contribution in [3.8, 4) is 0 Å². The first-order valence-electron chi connectivity index (χ1n) is 9.07. The minimum Gasteiger partial charge on any atom is -0.377 e. The number of likely N-dealkylation sites (tertiary alicyclic amines) is 1. The molecular formula is C20H23N3O3. The number of rotatable bonds is 6. The predicted molar refractivity (Wildman–Crippen MR) is 95.4 cm³/mol. The molecule has 1 spiro atoms. The Hall–Kier alpha value is -2.31. The summed E-state index contributed by atoms with van der Waals surface area (Å²) in [6.45, 7) is 3.40.